The number of benzene rings is 1. The maximum atomic E-state index is 12.9. The fourth-order valence-corrected chi connectivity index (χ4v) is 2.38. The average molecular weight is 311 g/mol. The Balaban J connectivity index is 2.35. The summed E-state index contributed by atoms with van der Waals surface area (Å²) in [4.78, 5) is 11.3. The maximum absolute atomic E-state index is 12.9. The summed E-state index contributed by atoms with van der Waals surface area (Å²) in [5, 5.41) is 13.7. The van der Waals surface area contributed by atoms with Crippen LogP contribution < -0.4 is 0 Å². The van der Waals surface area contributed by atoms with Gasteiger partial charge in [0.05, 0.1) is 12.2 Å². The molecule has 112 valence electrons. The maximum Gasteiger partial charge on any atom is 0.340 e. The van der Waals surface area contributed by atoms with E-state index in [1.54, 1.807) is 12.1 Å². The Labute approximate surface area is 127 Å². The number of rotatable bonds is 5. The molecule has 0 aliphatic carbocycles. The van der Waals surface area contributed by atoms with Gasteiger partial charge in [-0.2, -0.15) is 5.10 Å². The Morgan fingerprint density at radius 1 is 1.38 bits per heavy atom. The zero-order valence-electron chi connectivity index (χ0n) is 11.8. The van der Waals surface area contributed by atoms with Gasteiger partial charge in [-0.05, 0) is 30.0 Å². The number of carbonyl (C=O) groups is 1. The lowest BCUT2D eigenvalue weighted by Crippen LogP contribution is -2.04. The summed E-state index contributed by atoms with van der Waals surface area (Å²) < 4.78 is 14.3. The van der Waals surface area contributed by atoms with Gasteiger partial charge in [0.15, 0.2) is 0 Å². The smallest absolute Gasteiger partial charge is 0.340 e. The predicted molar refractivity (Wildman–Crippen MR) is 78.2 cm³/mol. The van der Waals surface area contributed by atoms with Crippen molar-refractivity contribution in [3.8, 4) is 0 Å². The Morgan fingerprint density at radius 3 is 2.52 bits per heavy atom. The largest absolute Gasteiger partial charge is 0.478 e. The highest BCUT2D eigenvalue weighted by atomic mass is 35.5. The van der Waals surface area contributed by atoms with Gasteiger partial charge in [-0.25, -0.2) is 13.9 Å². The summed E-state index contributed by atoms with van der Waals surface area (Å²) in [5.74, 6) is -1.13. The molecule has 0 aliphatic rings. The Morgan fingerprint density at radius 2 is 2.00 bits per heavy atom. The second-order valence-corrected chi connectivity index (χ2v) is 5.66. The Kier molecular flexibility index (Phi) is 4.63. The van der Waals surface area contributed by atoms with Crippen molar-refractivity contribution in [3.05, 3.63) is 52.1 Å². The van der Waals surface area contributed by atoms with E-state index in [0.717, 1.165) is 5.56 Å². The zero-order chi connectivity index (χ0) is 15.6. The number of hydrogen-bond donors (Lipinski definition) is 1. The molecule has 0 bridgehead atoms. The molecule has 2 rings (SSSR count). The van der Waals surface area contributed by atoms with Gasteiger partial charge in [-0.3, -0.25) is 0 Å². The van der Waals surface area contributed by atoms with Crippen molar-refractivity contribution in [2.24, 2.45) is 5.92 Å². The van der Waals surface area contributed by atoms with Crippen molar-refractivity contribution in [2.45, 2.75) is 26.8 Å². The average Bonchev–Trinajstić information content (AvgIpc) is 2.68. The van der Waals surface area contributed by atoms with Crippen molar-refractivity contribution in [1.29, 1.82) is 0 Å². The van der Waals surface area contributed by atoms with E-state index in [1.807, 2.05) is 13.8 Å². The molecule has 1 aromatic carbocycles. The molecule has 4 nitrogen and oxygen atoms in total. The number of aromatic nitrogens is 2. The number of carboxylic acid groups (broad SMARTS) is 1. The molecule has 6 heteroatoms. The molecule has 0 fully saturated rings. The first-order chi connectivity index (χ1) is 9.88. The lowest BCUT2D eigenvalue weighted by Gasteiger charge is -2.03. The van der Waals surface area contributed by atoms with Crippen molar-refractivity contribution < 1.29 is 14.3 Å². The molecule has 1 N–H and O–H groups in total. The number of hydrogen-bond acceptors (Lipinski definition) is 2. The van der Waals surface area contributed by atoms with E-state index in [1.165, 1.54) is 16.8 Å². The third-order valence-corrected chi connectivity index (χ3v) is 3.41. The highest BCUT2D eigenvalue weighted by Crippen LogP contribution is 2.23. The van der Waals surface area contributed by atoms with E-state index >= 15 is 0 Å². The van der Waals surface area contributed by atoms with Gasteiger partial charge in [0.25, 0.3) is 0 Å². The molecule has 0 atom stereocenters. The van der Waals surface area contributed by atoms with Crippen LogP contribution in [0.5, 0.6) is 0 Å². The molecule has 1 aromatic heterocycles. The van der Waals surface area contributed by atoms with Gasteiger partial charge >= 0.3 is 5.97 Å². The van der Waals surface area contributed by atoms with Gasteiger partial charge in [0.1, 0.15) is 16.5 Å². The Bertz CT molecular complexity index is 650. The van der Waals surface area contributed by atoms with Crippen LogP contribution in [0.2, 0.25) is 5.15 Å². The third kappa shape index (κ3) is 3.61. The Hall–Kier alpha value is -1.88. The minimum Gasteiger partial charge on any atom is -0.478 e. The summed E-state index contributed by atoms with van der Waals surface area (Å²) in [7, 11) is 0. The molecule has 0 aliphatic heterocycles. The standard InChI is InChI=1S/C15H16ClFN2O2/c1-9(2)7-12-13(15(20)21)14(16)19(18-12)8-10-3-5-11(17)6-4-10/h3-6,9H,7-8H2,1-2H3,(H,20,21). The number of carboxylic acids is 1. The molecule has 0 radical (unpaired) electrons. The summed E-state index contributed by atoms with van der Waals surface area (Å²) in [5.41, 5.74) is 1.32. The molecule has 21 heavy (non-hydrogen) atoms. The lowest BCUT2D eigenvalue weighted by atomic mass is 10.1. The topological polar surface area (TPSA) is 55.1 Å². The molecule has 0 saturated heterocycles. The van der Waals surface area contributed by atoms with Gasteiger partial charge in [0.2, 0.25) is 0 Å². The molecular formula is C15H16ClFN2O2. The predicted octanol–water partition coefficient (Wildman–Crippen LogP) is 3.62. The van der Waals surface area contributed by atoms with Gasteiger partial charge in [-0.15, -0.1) is 0 Å². The van der Waals surface area contributed by atoms with Crippen LogP contribution in [0.3, 0.4) is 0 Å². The molecule has 0 unspecified atom stereocenters. The van der Waals surface area contributed by atoms with E-state index in [-0.39, 0.29) is 22.5 Å². The highest BCUT2D eigenvalue weighted by Gasteiger charge is 2.22. The van der Waals surface area contributed by atoms with E-state index in [4.69, 9.17) is 11.6 Å². The van der Waals surface area contributed by atoms with Gasteiger partial charge in [0, 0.05) is 0 Å². The number of aromatic carboxylic acids is 1. The second kappa shape index (κ2) is 6.26. The van der Waals surface area contributed by atoms with E-state index in [9.17, 15) is 14.3 Å². The number of nitrogens with zero attached hydrogens (tertiary/aromatic N) is 2. The van der Waals surface area contributed by atoms with Gasteiger partial charge in [-0.1, -0.05) is 37.6 Å². The molecule has 0 amide bonds. The van der Waals surface area contributed by atoms with Crippen LogP contribution in [0, 0.1) is 11.7 Å². The van der Waals surface area contributed by atoms with Crippen LogP contribution in [-0.2, 0) is 13.0 Å². The normalized spacial score (nSPS) is 11.1. The summed E-state index contributed by atoms with van der Waals surface area (Å²) in [6, 6.07) is 5.94. The molecule has 2 aromatic rings. The van der Waals surface area contributed by atoms with Gasteiger partial charge < -0.3 is 5.11 Å². The lowest BCUT2D eigenvalue weighted by molar-refractivity contribution is 0.0695. The van der Waals surface area contributed by atoms with Crippen LogP contribution in [-0.4, -0.2) is 20.9 Å². The van der Waals surface area contributed by atoms with E-state index in [2.05, 4.69) is 5.10 Å². The fraction of sp³-hybridized carbons (Fsp3) is 0.333. The van der Waals surface area contributed by atoms with Crippen LogP contribution in [0.25, 0.3) is 0 Å². The SMILES string of the molecule is CC(C)Cc1nn(Cc2ccc(F)cc2)c(Cl)c1C(=O)O. The molecule has 0 saturated carbocycles. The van der Waals surface area contributed by atoms with Crippen LogP contribution in [0.4, 0.5) is 4.39 Å². The monoisotopic (exact) mass is 310 g/mol. The fourth-order valence-electron chi connectivity index (χ4n) is 2.10. The first kappa shape index (κ1) is 15.5. The molecule has 1 heterocycles. The molecule has 0 spiro atoms. The quantitative estimate of drug-likeness (QED) is 0.917. The number of halogens is 2. The van der Waals surface area contributed by atoms with E-state index in [0.29, 0.717) is 18.7 Å². The minimum absolute atomic E-state index is 0.0486. The second-order valence-electron chi connectivity index (χ2n) is 5.30. The van der Waals surface area contributed by atoms with Crippen LogP contribution >= 0.6 is 11.6 Å². The first-order valence-corrected chi connectivity index (χ1v) is 6.99. The van der Waals surface area contributed by atoms with Crippen LogP contribution in [0.15, 0.2) is 24.3 Å². The minimum atomic E-state index is -1.08. The van der Waals surface area contributed by atoms with Crippen molar-refractivity contribution in [1.82, 2.24) is 9.78 Å². The summed E-state index contributed by atoms with van der Waals surface area (Å²) in [6.07, 6.45) is 0.539. The van der Waals surface area contributed by atoms with Crippen molar-refractivity contribution in [3.63, 3.8) is 0 Å². The van der Waals surface area contributed by atoms with Crippen molar-refractivity contribution in [2.75, 3.05) is 0 Å². The van der Waals surface area contributed by atoms with Crippen LogP contribution in [0.1, 0.15) is 35.5 Å². The molecular weight excluding hydrogens is 295 g/mol. The summed E-state index contributed by atoms with van der Waals surface area (Å²) in [6.45, 7) is 4.27. The summed E-state index contributed by atoms with van der Waals surface area (Å²) >= 11 is 6.13. The van der Waals surface area contributed by atoms with E-state index < -0.39 is 5.97 Å². The zero-order valence-corrected chi connectivity index (χ0v) is 12.6. The third-order valence-electron chi connectivity index (χ3n) is 3.02. The highest BCUT2D eigenvalue weighted by molar-refractivity contribution is 6.32. The first-order valence-electron chi connectivity index (χ1n) is 6.61. The van der Waals surface area contributed by atoms with Crippen molar-refractivity contribution >= 4 is 17.6 Å².